The first kappa shape index (κ1) is 21.9. The molecule has 1 N–H and O–H groups in total. The van der Waals surface area contributed by atoms with Crippen molar-refractivity contribution >= 4 is 49.9 Å². The summed E-state index contributed by atoms with van der Waals surface area (Å²) >= 11 is 7.94. The third-order valence-corrected chi connectivity index (χ3v) is 7.25. The number of halogens is 1. The van der Waals surface area contributed by atoms with E-state index in [0.29, 0.717) is 22.8 Å². The highest BCUT2D eigenvalue weighted by molar-refractivity contribution is 7.22. The largest absolute Gasteiger partial charge is 0.378 e. The van der Waals surface area contributed by atoms with Gasteiger partial charge in [0.2, 0.25) is 0 Å². The molecule has 5 rings (SSSR count). The highest BCUT2D eigenvalue weighted by Gasteiger charge is 2.20. The number of hydrogen-bond donors (Lipinski definition) is 1. The Balaban J connectivity index is 1.36. The maximum Gasteiger partial charge on any atom is 0.259 e. The van der Waals surface area contributed by atoms with Crippen LogP contribution in [-0.2, 0) is 11.3 Å². The number of carbonyl (C=O) groups is 1. The first-order valence-corrected chi connectivity index (χ1v) is 12.0. The van der Waals surface area contributed by atoms with Crippen molar-refractivity contribution in [3.05, 3.63) is 70.0 Å². The number of morpholine rings is 1. The Hall–Kier alpha value is -2.94. The molecule has 3 heterocycles. The molecule has 7 nitrogen and oxygen atoms in total. The number of amides is 1. The Bertz CT molecular complexity index is 1330. The number of aromatic nitrogens is 3. The van der Waals surface area contributed by atoms with E-state index in [1.807, 2.05) is 61.0 Å². The predicted molar refractivity (Wildman–Crippen MR) is 133 cm³/mol. The van der Waals surface area contributed by atoms with Gasteiger partial charge in [0.1, 0.15) is 0 Å². The van der Waals surface area contributed by atoms with Crippen molar-refractivity contribution in [2.24, 2.45) is 0 Å². The number of fused-ring (bicyclic) bond motifs is 1. The van der Waals surface area contributed by atoms with Gasteiger partial charge in [-0.25, -0.2) is 4.98 Å². The normalized spacial score (nSPS) is 14.1. The Morgan fingerprint density at radius 1 is 1.18 bits per heavy atom. The van der Waals surface area contributed by atoms with Crippen LogP contribution in [0.5, 0.6) is 0 Å². The van der Waals surface area contributed by atoms with Gasteiger partial charge in [0.15, 0.2) is 5.13 Å². The van der Waals surface area contributed by atoms with Gasteiger partial charge in [0.25, 0.3) is 5.91 Å². The zero-order chi connectivity index (χ0) is 22.9. The van der Waals surface area contributed by atoms with E-state index in [-0.39, 0.29) is 5.91 Å². The molecule has 4 aromatic rings. The minimum absolute atomic E-state index is 0.173. The molecular weight excluding hydrogens is 458 g/mol. The summed E-state index contributed by atoms with van der Waals surface area (Å²) < 4.78 is 8.30. The van der Waals surface area contributed by atoms with Gasteiger partial charge in [0, 0.05) is 29.5 Å². The lowest BCUT2D eigenvalue weighted by atomic mass is 10.1. The third kappa shape index (κ3) is 4.46. The van der Waals surface area contributed by atoms with Gasteiger partial charge < -0.3 is 15.0 Å². The average Bonchev–Trinajstić information content (AvgIpc) is 3.36. The van der Waals surface area contributed by atoms with Crippen molar-refractivity contribution in [3.8, 4) is 0 Å². The molecule has 1 saturated heterocycles. The molecule has 2 aromatic carbocycles. The molecule has 170 valence electrons. The topological polar surface area (TPSA) is 72.3 Å². The molecule has 1 aliphatic rings. The van der Waals surface area contributed by atoms with Crippen LogP contribution in [0.15, 0.2) is 42.5 Å². The van der Waals surface area contributed by atoms with Gasteiger partial charge in [-0.1, -0.05) is 41.1 Å². The smallest absolute Gasteiger partial charge is 0.259 e. The van der Waals surface area contributed by atoms with Crippen molar-refractivity contribution in [3.63, 3.8) is 0 Å². The van der Waals surface area contributed by atoms with Crippen LogP contribution in [0.1, 0.15) is 27.3 Å². The Kier molecular flexibility index (Phi) is 6.05. The van der Waals surface area contributed by atoms with Crippen LogP contribution in [0.3, 0.4) is 0 Å². The Morgan fingerprint density at radius 3 is 2.76 bits per heavy atom. The van der Waals surface area contributed by atoms with Crippen molar-refractivity contribution in [1.29, 1.82) is 0 Å². The number of carbonyl (C=O) groups excluding carboxylic acids is 1. The maximum absolute atomic E-state index is 13.2. The van der Waals surface area contributed by atoms with Crippen LogP contribution in [-0.4, -0.2) is 47.0 Å². The molecule has 0 bridgehead atoms. The number of aryl methyl sites for hydroxylation is 1. The molecule has 0 unspecified atom stereocenters. The van der Waals surface area contributed by atoms with E-state index in [1.54, 1.807) is 11.3 Å². The molecule has 9 heteroatoms. The molecule has 1 fully saturated rings. The second kappa shape index (κ2) is 9.13. The number of nitrogens with one attached hydrogen (secondary N) is 1. The van der Waals surface area contributed by atoms with E-state index in [2.05, 4.69) is 15.3 Å². The molecular formula is C24H24ClN5O2S. The van der Waals surface area contributed by atoms with Crippen LogP contribution < -0.4 is 10.2 Å². The second-order valence-electron chi connectivity index (χ2n) is 8.03. The summed E-state index contributed by atoms with van der Waals surface area (Å²) in [6, 6.07) is 13.5. The number of ether oxygens (including phenoxy) is 1. The summed E-state index contributed by atoms with van der Waals surface area (Å²) in [6.07, 6.45) is 0. The highest BCUT2D eigenvalue weighted by Crippen LogP contribution is 2.31. The zero-order valence-corrected chi connectivity index (χ0v) is 20.0. The fourth-order valence-electron chi connectivity index (χ4n) is 4.04. The number of hydrogen-bond acceptors (Lipinski definition) is 6. The Labute approximate surface area is 200 Å². The van der Waals surface area contributed by atoms with Gasteiger partial charge in [0.05, 0.1) is 41.2 Å². The summed E-state index contributed by atoms with van der Waals surface area (Å²) in [5.74, 6) is -0.173. The number of rotatable bonds is 5. The summed E-state index contributed by atoms with van der Waals surface area (Å²) in [5.41, 5.74) is 4.70. The lowest BCUT2D eigenvalue weighted by Crippen LogP contribution is -2.36. The lowest BCUT2D eigenvalue weighted by molar-refractivity contribution is 0.102. The van der Waals surface area contributed by atoms with E-state index in [9.17, 15) is 4.79 Å². The van der Waals surface area contributed by atoms with Gasteiger partial charge in [-0.3, -0.25) is 9.48 Å². The van der Waals surface area contributed by atoms with E-state index in [4.69, 9.17) is 21.3 Å². The van der Waals surface area contributed by atoms with Crippen LogP contribution in [0.4, 0.5) is 10.8 Å². The maximum atomic E-state index is 13.2. The zero-order valence-electron chi connectivity index (χ0n) is 18.5. The molecule has 0 saturated carbocycles. The van der Waals surface area contributed by atoms with Gasteiger partial charge in [-0.05, 0) is 43.7 Å². The fraction of sp³-hybridized carbons (Fsp3) is 0.292. The Morgan fingerprint density at radius 2 is 1.97 bits per heavy atom. The molecule has 0 atom stereocenters. The summed E-state index contributed by atoms with van der Waals surface area (Å²) in [5, 5.41) is 9.30. The molecule has 2 aromatic heterocycles. The standard InChI is InChI=1S/C24H24ClN5O2S/c1-15-22(16(2)30(28-15)14-17-5-3-4-6-19(17)25)23(31)26-18-7-8-20-21(13-18)33-24(27-20)29-9-11-32-12-10-29/h3-8,13H,9-12,14H2,1-2H3,(H,26,31). The van der Waals surface area contributed by atoms with Crippen LogP contribution in [0, 0.1) is 13.8 Å². The van der Waals surface area contributed by atoms with Crippen molar-refractivity contribution < 1.29 is 9.53 Å². The lowest BCUT2D eigenvalue weighted by Gasteiger charge is -2.25. The minimum Gasteiger partial charge on any atom is -0.378 e. The van der Waals surface area contributed by atoms with Crippen molar-refractivity contribution in [2.75, 3.05) is 36.5 Å². The van der Waals surface area contributed by atoms with Crippen LogP contribution >= 0.6 is 22.9 Å². The molecule has 33 heavy (non-hydrogen) atoms. The number of nitrogens with zero attached hydrogens (tertiary/aromatic N) is 4. The molecule has 1 aliphatic heterocycles. The summed E-state index contributed by atoms with van der Waals surface area (Å²) in [4.78, 5) is 20.1. The minimum atomic E-state index is -0.173. The number of anilines is 2. The van der Waals surface area contributed by atoms with Crippen LogP contribution in [0.2, 0.25) is 5.02 Å². The number of benzene rings is 2. The van der Waals surface area contributed by atoms with Gasteiger partial charge in [-0.15, -0.1) is 0 Å². The van der Waals surface area contributed by atoms with Crippen molar-refractivity contribution in [1.82, 2.24) is 14.8 Å². The fourth-order valence-corrected chi connectivity index (χ4v) is 5.29. The van der Waals surface area contributed by atoms with E-state index < -0.39 is 0 Å². The summed E-state index contributed by atoms with van der Waals surface area (Å²) in [7, 11) is 0. The monoisotopic (exact) mass is 481 g/mol. The van der Waals surface area contributed by atoms with E-state index in [0.717, 1.165) is 58.6 Å². The quantitative estimate of drug-likeness (QED) is 0.439. The van der Waals surface area contributed by atoms with Gasteiger partial charge in [-0.2, -0.15) is 5.10 Å². The van der Waals surface area contributed by atoms with E-state index in [1.165, 1.54) is 0 Å². The SMILES string of the molecule is Cc1nn(Cc2ccccc2Cl)c(C)c1C(=O)Nc1ccc2nc(N3CCOCC3)sc2c1. The van der Waals surface area contributed by atoms with Crippen molar-refractivity contribution in [2.45, 2.75) is 20.4 Å². The van der Waals surface area contributed by atoms with Gasteiger partial charge >= 0.3 is 0 Å². The first-order valence-electron chi connectivity index (χ1n) is 10.8. The van der Waals surface area contributed by atoms with E-state index >= 15 is 0 Å². The second-order valence-corrected chi connectivity index (χ2v) is 9.44. The summed E-state index contributed by atoms with van der Waals surface area (Å²) in [6.45, 7) is 7.41. The molecule has 1 amide bonds. The predicted octanol–water partition coefficient (Wildman–Crippen LogP) is 4.90. The highest BCUT2D eigenvalue weighted by atomic mass is 35.5. The van der Waals surface area contributed by atoms with Crippen LogP contribution in [0.25, 0.3) is 10.2 Å². The molecule has 0 radical (unpaired) electrons. The molecule has 0 spiro atoms. The average molecular weight is 482 g/mol. The molecule has 0 aliphatic carbocycles. The number of thiazole rings is 1. The first-order chi connectivity index (χ1) is 16.0. The third-order valence-electron chi connectivity index (χ3n) is 5.80.